The fraction of sp³-hybridized carbons (Fsp3) is 0.800. The molecule has 0 heterocycles. The van der Waals surface area contributed by atoms with E-state index in [0.29, 0.717) is 0 Å². The minimum Gasteiger partial charge on any atom is -0.267 e. The van der Waals surface area contributed by atoms with E-state index in [1.54, 1.807) is 6.42 Å². The molecule has 0 bridgehead atoms. The average Bonchev–Trinajstić information content (AvgIpc) is 2.12. The van der Waals surface area contributed by atoms with Gasteiger partial charge in [0.15, 0.2) is 0 Å². The van der Waals surface area contributed by atoms with Gasteiger partial charge < -0.3 is 0 Å². The Hall–Kier alpha value is 0.0883. The first kappa shape index (κ1) is 9.09. The maximum Gasteiger partial charge on any atom is 0.0995 e. The molecular formula is C5H8NO2W-. The van der Waals surface area contributed by atoms with Crippen LogP contribution in [0.15, 0.2) is 0 Å². The van der Waals surface area contributed by atoms with Crippen LogP contribution in [0.4, 0.5) is 0 Å². The van der Waals surface area contributed by atoms with Gasteiger partial charge in [-0.05, 0) is 11.3 Å². The summed E-state index contributed by atoms with van der Waals surface area (Å²) in [5, 5.41) is 9.98. The van der Waals surface area contributed by atoms with Crippen molar-refractivity contribution in [3.05, 3.63) is 16.5 Å². The summed E-state index contributed by atoms with van der Waals surface area (Å²) in [6.45, 7) is 0. The van der Waals surface area contributed by atoms with E-state index in [1.165, 1.54) is 0 Å². The van der Waals surface area contributed by atoms with Crippen molar-refractivity contribution in [2.75, 3.05) is 0 Å². The van der Waals surface area contributed by atoms with Gasteiger partial charge in [-0.25, -0.2) is 0 Å². The zero-order valence-electron chi connectivity index (χ0n) is 4.95. The van der Waals surface area contributed by atoms with Gasteiger partial charge in [0.2, 0.25) is 0 Å². The molecule has 3 nitrogen and oxygen atoms in total. The van der Waals surface area contributed by atoms with Crippen LogP contribution in [0.25, 0.3) is 0 Å². The van der Waals surface area contributed by atoms with E-state index in [9.17, 15) is 10.1 Å². The Morgan fingerprint density at radius 2 is 2.33 bits per heavy atom. The first-order chi connectivity index (χ1) is 3.80. The van der Waals surface area contributed by atoms with Gasteiger partial charge in [-0.15, -0.1) is 0 Å². The van der Waals surface area contributed by atoms with Gasteiger partial charge in [0.25, 0.3) is 0 Å². The molecule has 1 rings (SSSR count). The van der Waals surface area contributed by atoms with Crippen molar-refractivity contribution in [2.24, 2.45) is 0 Å². The molecule has 1 saturated carbocycles. The molecule has 0 spiro atoms. The number of nitro groups is 1. The maximum atomic E-state index is 9.98. The standard InChI is InChI=1S/C5H8NO2.W/c7-6(8)5-3-1-2-4-5;/h3,5H,1-2,4H2;/q-1;. The Kier molecular flexibility index (Phi) is 4.03. The van der Waals surface area contributed by atoms with Gasteiger partial charge in [-0.2, -0.15) is 6.42 Å². The molecule has 0 N–H and O–H groups in total. The normalized spacial score (nSPS) is 25.1. The van der Waals surface area contributed by atoms with Crippen molar-refractivity contribution in [1.82, 2.24) is 0 Å². The number of nitrogens with zero attached hydrogens (tertiary/aromatic N) is 1. The zero-order valence-corrected chi connectivity index (χ0v) is 7.88. The molecule has 0 amide bonds. The van der Waals surface area contributed by atoms with Crippen LogP contribution in [-0.2, 0) is 21.1 Å². The largest absolute Gasteiger partial charge is 0.267 e. The monoisotopic (exact) mass is 298 g/mol. The smallest absolute Gasteiger partial charge is 0.0995 e. The molecule has 4 heteroatoms. The van der Waals surface area contributed by atoms with E-state index in [4.69, 9.17) is 0 Å². The molecule has 1 atom stereocenters. The summed E-state index contributed by atoms with van der Waals surface area (Å²) in [6.07, 6.45) is 4.43. The number of hydrogen-bond donors (Lipinski definition) is 0. The molecule has 52 valence electrons. The van der Waals surface area contributed by atoms with Gasteiger partial charge in [0.1, 0.15) is 0 Å². The van der Waals surface area contributed by atoms with Crippen LogP contribution < -0.4 is 0 Å². The molecule has 1 unspecified atom stereocenters. The van der Waals surface area contributed by atoms with Crippen LogP contribution >= 0.6 is 0 Å². The van der Waals surface area contributed by atoms with E-state index in [0.717, 1.165) is 19.3 Å². The van der Waals surface area contributed by atoms with Crippen molar-refractivity contribution >= 4 is 0 Å². The summed E-state index contributed by atoms with van der Waals surface area (Å²) in [5.74, 6) is 0. The van der Waals surface area contributed by atoms with E-state index in [1.807, 2.05) is 0 Å². The third-order valence-electron chi connectivity index (χ3n) is 1.41. The first-order valence-electron chi connectivity index (χ1n) is 2.77. The van der Waals surface area contributed by atoms with Crippen LogP contribution in [0.3, 0.4) is 0 Å². The van der Waals surface area contributed by atoms with Crippen molar-refractivity contribution in [3.63, 3.8) is 0 Å². The number of hydrogen-bond acceptors (Lipinski definition) is 2. The molecule has 0 radical (unpaired) electrons. The molecule has 1 aliphatic rings. The molecule has 1 aliphatic carbocycles. The molecule has 1 fully saturated rings. The molecular weight excluding hydrogens is 290 g/mol. The van der Waals surface area contributed by atoms with Crippen LogP contribution in [0, 0.1) is 16.5 Å². The Labute approximate surface area is 68.2 Å². The molecule has 9 heavy (non-hydrogen) atoms. The third kappa shape index (κ3) is 2.44. The Morgan fingerprint density at radius 3 is 2.56 bits per heavy atom. The van der Waals surface area contributed by atoms with E-state index < -0.39 is 0 Å². The third-order valence-corrected chi connectivity index (χ3v) is 1.41. The van der Waals surface area contributed by atoms with Crippen molar-refractivity contribution in [1.29, 1.82) is 0 Å². The second-order valence-corrected chi connectivity index (χ2v) is 2.02. The second kappa shape index (κ2) is 3.99. The molecule has 0 aromatic rings. The van der Waals surface area contributed by atoms with E-state index in [-0.39, 0.29) is 32.0 Å². The Morgan fingerprint density at radius 1 is 1.67 bits per heavy atom. The summed E-state index contributed by atoms with van der Waals surface area (Å²) < 4.78 is 0. The summed E-state index contributed by atoms with van der Waals surface area (Å²) in [4.78, 5) is 9.76. The van der Waals surface area contributed by atoms with Crippen LogP contribution in [0.1, 0.15) is 19.3 Å². The van der Waals surface area contributed by atoms with Crippen LogP contribution in [-0.4, -0.2) is 11.0 Å². The first-order valence-corrected chi connectivity index (χ1v) is 2.77. The van der Waals surface area contributed by atoms with Gasteiger partial charge in [0.05, 0.1) is 6.04 Å². The second-order valence-electron chi connectivity index (χ2n) is 2.02. The summed E-state index contributed by atoms with van der Waals surface area (Å²) in [7, 11) is 0. The van der Waals surface area contributed by atoms with Crippen molar-refractivity contribution in [3.8, 4) is 0 Å². The SMILES string of the molecule is O=[N+]([O-])C1[CH-]CCC1.[W]. The molecule has 0 aliphatic heterocycles. The Bertz CT molecular complexity index is 101. The van der Waals surface area contributed by atoms with Crippen molar-refractivity contribution in [2.45, 2.75) is 25.3 Å². The summed E-state index contributed by atoms with van der Waals surface area (Å²) in [6, 6.07) is -0.338. The molecule has 0 aromatic heterocycles. The molecule has 0 aromatic carbocycles. The van der Waals surface area contributed by atoms with Gasteiger partial charge in [-0.1, -0.05) is 6.42 Å². The van der Waals surface area contributed by atoms with Gasteiger partial charge in [-0.3, -0.25) is 16.5 Å². The van der Waals surface area contributed by atoms with Gasteiger partial charge >= 0.3 is 0 Å². The predicted octanol–water partition coefficient (Wildman–Crippen LogP) is 1.02. The van der Waals surface area contributed by atoms with Gasteiger partial charge in [0, 0.05) is 21.1 Å². The quantitative estimate of drug-likeness (QED) is 0.412. The summed E-state index contributed by atoms with van der Waals surface area (Å²) in [5.41, 5.74) is 0. The van der Waals surface area contributed by atoms with E-state index >= 15 is 0 Å². The maximum absolute atomic E-state index is 9.98. The summed E-state index contributed by atoms with van der Waals surface area (Å²) >= 11 is 0. The minimum atomic E-state index is -0.338. The predicted molar refractivity (Wildman–Crippen MR) is 28.9 cm³/mol. The van der Waals surface area contributed by atoms with Crippen molar-refractivity contribution < 1.29 is 26.0 Å². The minimum absolute atomic E-state index is 0. The van der Waals surface area contributed by atoms with E-state index in [2.05, 4.69) is 0 Å². The topological polar surface area (TPSA) is 43.1 Å². The fourth-order valence-corrected chi connectivity index (χ4v) is 0.947. The van der Waals surface area contributed by atoms with Crippen LogP contribution in [0.2, 0.25) is 0 Å². The van der Waals surface area contributed by atoms with Crippen LogP contribution in [0.5, 0.6) is 0 Å². The molecule has 0 saturated heterocycles. The number of rotatable bonds is 1. The average molecular weight is 298 g/mol. The Balaban J connectivity index is 0.000000640. The zero-order chi connectivity index (χ0) is 5.98. The fourth-order valence-electron chi connectivity index (χ4n) is 0.947.